The van der Waals surface area contributed by atoms with Gasteiger partial charge in [0, 0.05) is 24.2 Å². The number of nitro benzene ring substituents is 1. The third kappa shape index (κ3) is 3.41. The van der Waals surface area contributed by atoms with Gasteiger partial charge in [0.05, 0.1) is 10.6 Å². The number of hydrogen-bond donors (Lipinski definition) is 1. The van der Waals surface area contributed by atoms with E-state index in [9.17, 15) is 20.0 Å². The van der Waals surface area contributed by atoms with E-state index in [1.165, 1.54) is 24.3 Å². The maximum atomic E-state index is 11.3. The number of carboxylic acids is 1. The molecule has 7 nitrogen and oxygen atoms in total. The molecule has 0 amide bonds. The molecule has 2 aromatic rings. The van der Waals surface area contributed by atoms with Crippen LogP contribution in [-0.4, -0.2) is 40.0 Å². The fourth-order valence-electron chi connectivity index (χ4n) is 1.78. The first kappa shape index (κ1) is 15.1. The number of aromatic carboxylic acids is 1. The molecule has 0 aliphatic carbocycles. The smallest absolute Gasteiger partial charge is 0.348 e. The first-order valence-corrected chi connectivity index (χ1v) is 6.82. The Morgan fingerprint density at radius 2 is 2.00 bits per heavy atom. The molecule has 0 unspecified atom stereocenters. The molecule has 110 valence electrons. The van der Waals surface area contributed by atoms with E-state index >= 15 is 0 Å². The monoisotopic (exact) mass is 307 g/mol. The minimum absolute atomic E-state index is 0.0423. The molecule has 0 spiro atoms. The summed E-state index contributed by atoms with van der Waals surface area (Å²) in [4.78, 5) is 27.8. The molecular formula is C13H13N3O4S. The van der Waals surface area contributed by atoms with Crippen LogP contribution in [-0.2, 0) is 6.54 Å². The van der Waals surface area contributed by atoms with Crippen molar-refractivity contribution in [3.63, 3.8) is 0 Å². The zero-order valence-electron chi connectivity index (χ0n) is 11.4. The lowest BCUT2D eigenvalue weighted by Crippen LogP contribution is -2.10. The van der Waals surface area contributed by atoms with Crippen LogP contribution in [0.2, 0.25) is 0 Å². The van der Waals surface area contributed by atoms with Crippen LogP contribution in [0.15, 0.2) is 24.3 Å². The standard InChI is InChI=1S/C13H13N3O4S/c1-15(2)7-10-14-11(12(21-10)13(17)18)8-3-5-9(6-4-8)16(19)20/h3-6H,7H2,1-2H3,(H,17,18). The quantitative estimate of drug-likeness (QED) is 0.673. The average molecular weight is 307 g/mol. The molecule has 1 N–H and O–H groups in total. The lowest BCUT2D eigenvalue weighted by Gasteiger charge is -2.04. The Morgan fingerprint density at radius 3 is 2.48 bits per heavy atom. The number of carboxylic acid groups (broad SMARTS) is 1. The van der Waals surface area contributed by atoms with Gasteiger partial charge in [-0.1, -0.05) is 0 Å². The summed E-state index contributed by atoms with van der Waals surface area (Å²) in [5, 5.41) is 20.6. The summed E-state index contributed by atoms with van der Waals surface area (Å²) in [5.74, 6) is -1.05. The third-order valence-corrected chi connectivity index (χ3v) is 3.70. The fraction of sp³-hybridized carbons (Fsp3) is 0.231. The Bertz CT molecular complexity index is 679. The molecule has 0 radical (unpaired) electrons. The van der Waals surface area contributed by atoms with Crippen LogP contribution in [0.4, 0.5) is 5.69 Å². The van der Waals surface area contributed by atoms with Crippen LogP contribution in [0.25, 0.3) is 11.3 Å². The van der Waals surface area contributed by atoms with Crippen LogP contribution >= 0.6 is 11.3 Å². The van der Waals surface area contributed by atoms with Crippen LogP contribution in [0.1, 0.15) is 14.7 Å². The van der Waals surface area contributed by atoms with Crippen molar-refractivity contribution in [2.75, 3.05) is 14.1 Å². The van der Waals surface area contributed by atoms with Gasteiger partial charge in [-0.05, 0) is 26.2 Å². The van der Waals surface area contributed by atoms with Crippen LogP contribution in [0.5, 0.6) is 0 Å². The van der Waals surface area contributed by atoms with Gasteiger partial charge in [0.2, 0.25) is 0 Å². The number of non-ortho nitro benzene ring substituents is 1. The molecule has 0 aliphatic rings. The van der Waals surface area contributed by atoms with Gasteiger partial charge in [-0.2, -0.15) is 0 Å². The summed E-state index contributed by atoms with van der Waals surface area (Å²) in [6.07, 6.45) is 0. The average Bonchev–Trinajstić information content (AvgIpc) is 2.82. The van der Waals surface area contributed by atoms with Crippen LogP contribution < -0.4 is 0 Å². The third-order valence-electron chi connectivity index (χ3n) is 2.67. The highest BCUT2D eigenvalue weighted by Gasteiger charge is 2.19. The number of hydrogen-bond acceptors (Lipinski definition) is 6. The molecule has 2 rings (SSSR count). The molecule has 0 fully saturated rings. The Labute approximate surface area is 124 Å². The maximum absolute atomic E-state index is 11.3. The minimum Gasteiger partial charge on any atom is -0.477 e. The molecule has 0 atom stereocenters. The normalized spacial score (nSPS) is 10.8. The lowest BCUT2D eigenvalue weighted by molar-refractivity contribution is -0.384. The summed E-state index contributed by atoms with van der Waals surface area (Å²) in [6.45, 7) is 0.540. The number of nitro groups is 1. The van der Waals surface area contributed by atoms with Crippen molar-refractivity contribution in [2.24, 2.45) is 0 Å². The van der Waals surface area contributed by atoms with Gasteiger partial charge >= 0.3 is 5.97 Å². The zero-order valence-corrected chi connectivity index (χ0v) is 12.3. The Hall–Kier alpha value is -2.32. The van der Waals surface area contributed by atoms with Gasteiger partial charge in [0.1, 0.15) is 9.88 Å². The topological polar surface area (TPSA) is 96.6 Å². The van der Waals surface area contributed by atoms with Gasteiger partial charge in [-0.15, -0.1) is 11.3 Å². The summed E-state index contributed by atoms with van der Waals surface area (Å²) < 4.78 is 0. The summed E-state index contributed by atoms with van der Waals surface area (Å²) in [7, 11) is 3.74. The second-order valence-electron chi connectivity index (χ2n) is 4.63. The van der Waals surface area contributed by atoms with E-state index in [4.69, 9.17) is 0 Å². The first-order valence-electron chi connectivity index (χ1n) is 6.01. The SMILES string of the molecule is CN(C)Cc1nc(-c2ccc([N+](=O)[O-])cc2)c(C(=O)O)s1. The number of aromatic nitrogens is 1. The van der Waals surface area contributed by atoms with Gasteiger partial charge < -0.3 is 10.0 Å². The first-order chi connectivity index (χ1) is 9.88. The second kappa shape index (κ2) is 5.98. The van der Waals surface area contributed by atoms with Gasteiger partial charge in [-0.25, -0.2) is 9.78 Å². The Kier molecular flexibility index (Phi) is 4.29. The Balaban J connectivity index is 2.43. The molecule has 1 heterocycles. The number of carbonyl (C=O) groups is 1. The minimum atomic E-state index is -1.05. The highest BCUT2D eigenvalue weighted by molar-refractivity contribution is 7.14. The largest absolute Gasteiger partial charge is 0.477 e. The van der Waals surface area contributed by atoms with Crippen molar-refractivity contribution in [1.82, 2.24) is 9.88 Å². The Morgan fingerprint density at radius 1 is 1.38 bits per heavy atom. The zero-order chi connectivity index (χ0) is 15.6. The van der Waals surface area contributed by atoms with Crippen molar-refractivity contribution >= 4 is 23.0 Å². The van der Waals surface area contributed by atoms with E-state index in [1.54, 1.807) is 0 Å². The summed E-state index contributed by atoms with van der Waals surface area (Å²) in [6, 6.07) is 5.70. The summed E-state index contributed by atoms with van der Waals surface area (Å²) >= 11 is 1.12. The van der Waals surface area contributed by atoms with E-state index < -0.39 is 10.9 Å². The predicted molar refractivity (Wildman–Crippen MR) is 78.6 cm³/mol. The van der Waals surface area contributed by atoms with E-state index in [1.807, 2.05) is 19.0 Å². The van der Waals surface area contributed by atoms with Crippen LogP contribution in [0.3, 0.4) is 0 Å². The number of benzene rings is 1. The maximum Gasteiger partial charge on any atom is 0.348 e. The number of nitrogens with zero attached hydrogens (tertiary/aromatic N) is 3. The second-order valence-corrected chi connectivity index (χ2v) is 5.72. The molecule has 8 heteroatoms. The lowest BCUT2D eigenvalue weighted by atomic mass is 10.1. The van der Waals surface area contributed by atoms with Gasteiger partial charge in [-0.3, -0.25) is 10.1 Å². The highest BCUT2D eigenvalue weighted by atomic mass is 32.1. The van der Waals surface area contributed by atoms with Crippen molar-refractivity contribution < 1.29 is 14.8 Å². The van der Waals surface area contributed by atoms with Gasteiger partial charge in [0.15, 0.2) is 0 Å². The van der Waals surface area contributed by atoms with Gasteiger partial charge in [0.25, 0.3) is 5.69 Å². The molecule has 0 saturated carbocycles. The molecule has 0 saturated heterocycles. The van der Waals surface area contributed by atoms with E-state index in [0.29, 0.717) is 22.8 Å². The van der Waals surface area contributed by atoms with Crippen molar-refractivity contribution in [1.29, 1.82) is 0 Å². The summed E-state index contributed by atoms with van der Waals surface area (Å²) in [5.41, 5.74) is 0.859. The molecule has 1 aromatic carbocycles. The molecule has 0 bridgehead atoms. The van der Waals surface area contributed by atoms with Crippen molar-refractivity contribution in [3.05, 3.63) is 44.3 Å². The molecule has 0 aliphatic heterocycles. The van der Waals surface area contributed by atoms with Crippen molar-refractivity contribution in [3.8, 4) is 11.3 Å². The molecule has 1 aromatic heterocycles. The molecular weight excluding hydrogens is 294 g/mol. The predicted octanol–water partition coefficient (Wildman–Crippen LogP) is 2.48. The number of rotatable bonds is 5. The van der Waals surface area contributed by atoms with E-state index in [2.05, 4.69) is 4.98 Å². The highest BCUT2D eigenvalue weighted by Crippen LogP contribution is 2.30. The van der Waals surface area contributed by atoms with E-state index in [-0.39, 0.29) is 10.6 Å². The fourth-order valence-corrected chi connectivity index (χ4v) is 2.83. The molecule has 21 heavy (non-hydrogen) atoms. The van der Waals surface area contributed by atoms with E-state index in [0.717, 1.165) is 11.3 Å². The van der Waals surface area contributed by atoms with Crippen LogP contribution in [0, 0.1) is 10.1 Å². The van der Waals surface area contributed by atoms with Crippen molar-refractivity contribution in [2.45, 2.75) is 6.54 Å². The number of thiazole rings is 1.